The summed E-state index contributed by atoms with van der Waals surface area (Å²) in [5.41, 5.74) is 0.663. The predicted octanol–water partition coefficient (Wildman–Crippen LogP) is 9.06. The Morgan fingerprint density at radius 3 is 1.59 bits per heavy atom. The third-order valence-electron chi connectivity index (χ3n) is 9.66. The lowest BCUT2D eigenvalue weighted by atomic mass is 9.72. The summed E-state index contributed by atoms with van der Waals surface area (Å²) in [5, 5.41) is 3.96. The van der Waals surface area contributed by atoms with Crippen molar-refractivity contribution in [2.45, 2.75) is 162 Å². The Morgan fingerprint density at radius 1 is 0.595 bits per heavy atom. The van der Waals surface area contributed by atoms with E-state index in [0.717, 1.165) is 12.0 Å². The number of nitrogens with one attached hydrogen (secondary N) is 1. The largest absolute Gasteiger partial charge is 0.313 e. The van der Waals surface area contributed by atoms with E-state index < -0.39 is 0 Å². The van der Waals surface area contributed by atoms with Gasteiger partial charge in [0.05, 0.1) is 0 Å². The molecule has 0 aromatic heterocycles. The number of hydrogen-bond acceptors (Lipinski definition) is 3. The normalized spacial score (nSPS) is 18.3. The maximum atomic E-state index is 3.96. The highest BCUT2D eigenvalue weighted by molar-refractivity contribution is 4.98. The zero-order valence-corrected chi connectivity index (χ0v) is 26.1. The maximum Gasteiger partial charge on any atom is 0.0107 e. The highest BCUT2D eigenvalue weighted by Crippen LogP contribution is 2.40. The van der Waals surface area contributed by atoms with Crippen LogP contribution < -0.4 is 5.32 Å². The van der Waals surface area contributed by atoms with Gasteiger partial charge in [0.2, 0.25) is 0 Å². The standard InChI is InChI=1S/C34H69N3/c1-5-9-13-17-19-32(20-18-14-10-6-2)29-36-26-23-34(24-27-36)30-37(31-34)28-25-35-33(21-15-11-7-3)22-16-12-8-4/h32-33,35H,5-31H2,1-4H3. The number of rotatable bonds is 24. The molecule has 0 unspecified atom stereocenters. The summed E-state index contributed by atoms with van der Waals surface area (Å²) >= 11 is 0. The van der Waals surface area contributed by atoms with Gasteiger partial charge in [-0.15, -0.1) is 0 Å². The number of unbranched alkanes of at least 4 members (excludes halogenated alkanes) is 10. The van der Waals surface area contributed by atoms with Crippen LogP contribution in [0.4, 0.5) is 0 Å². The highest BCUT2D eigenvalue weighted by atomic mass is 15.2. The van der Waals surface area contributed by atoms with Crippen LogP contribution in [0.15, 0.2) is 0 Å². The third-order valence-corrected chi connectivity index (χ3v) is 9.66. The van der Waals surface area contributed by atoms with E-state index in [4.69, 9.17) is 0 Å². The molecular weight excluding hydrogens is 450 g/mol. The summed E-state index contributed by atoms with van der Waals surface area (Å²) in [4.78, 5) is 5.61. The Hall–Kier alpha value is -0.120. The van der Waals surface area contributed by atoms with Crippen molar-refractivity contribution in [3.63, 3.8) is 0 Å². The molecule has 0 aromatic carbocycles. The number of hydrogen-bond donors (Lipinski definition) is 1. The molecule has 2 rings (SSSR count). The molecule has 1 spiro atoms. The minimum atomic E-state index is 0.663. The van der Waals surface area contributed by atoms with E-state index >= 15 is 0 Å². The van der Waals surface area contributed by atoms with Crippen molar-refractivity contribution in [3.8, 4) is 0 Å². The molecule has 3 nitrogen and oxygen atoms in total. The summed E-state index contributed by atoms with van der Waals surface area (Å²) in [6, 6.07) is 0.758. The third kappa shape index (κ3) is 14.2. The molecule has 0 bridgehead atoms. The van der Waals surface area contributed by atoms with Crippen molar-refractivity contribution >= 4 is 0 Å². The molecule has 1 N–H and O–H groups in total. The van der Waals surface area contributed by atoms with Crippen molar-refractivity contribution in [2.75, 3.05) is 45.8 Å². The molecule has 2 heterocycles. The summed E-state index contributed by atoms with van der Waals surface area (Å²) in [7, 11) is 0. The first-order valence-electron chi connectivity index (χ1n) is 17.3. The second-order valence-electron chi connectivity index (χ2n) is 13.2. The minimum Gasteiger partial charge on any atom is -0.313 e. The van der Waals surface area contributed by atoms with Gasteiger partial charge in [-0.3, -0.25) is 0 Å². The lowest BCUT2D eigenvalue weighted by Gasteiger charge is -2.54. The van der Waals surface area contributed by atoms with Crippen LogP contribution in [0.3, 0.4) is 0 Å². The van der Waals surface area contributed by atoms with Crippen LogP contribution >= 0.6 is 0 Å². The average Bonchev–Trinajstić information content (AvgIpc) is 2.88. The van der Waals surface area contributed by atoms with Crippen molar-refractivity contribution in [1.82, 2.24) is 15.1 Å². The molecule has 2 fully saturated rings. The number of nitrogens with zero attached hydrogens (tertiary/aromatic N) is 2. The van der Waals surface area contributed by atoms with Crippen LogP contribution in [0.25, 0.3) is 0 Å². The van der Waals surface area contributed by atoms with Gasteiger partial charge in [-0.2, -0.15) is 0 Å². The van der Waals surface area contributed by atoms with Crippen molar-refractivity contribution in [1.29, 1.82) is 0 Å². The van der Waals surface area contributed by atoms with Gasteiger partial charge in [0.1, 0.15) is 0 Å². The Labute approximate surface area is 234 Å². The van der Waals surface area contributed by atoms with Crippen LogP contribution in [-0.2, 0) is 0 Å². The van der Waals surface area contributed by atoms with Gasteiger partial charge >= 0.3 is 0 Å². The second kappa shape index (κ2) is 20.7. The zero-order valence-electron chi connectivity index (χ0n) is 26.1. The van der Waals surface area contributed by atoms with Crippen molar-refractivity contribution in [2.24, 2.45) is 11.3 Å². The first-order chi connectivity index (χ1) is 18.1. The Balaban J connectivity index is 1.63. The molecule has 0 amide bonds. The van der Waals surface area contributed by atoms with E-state index in [-0.39, 0.29) is 0 Å². The van der Waals surface area contributed by atoms with Gasteiger partial charge < -0.3 is 15.1 Å². The lowest BCUT2D eigenvalue weighted by Crippen LogP contribution is -2.61. The summed E-state index contributed by atoms with van der Waals surface area (Å²) in [6.07, 6.45) is 28.3. The zero-order chi connectivity index (χ0) is 26.6. The summed E-state index contributed by atoms with van der Waals surface area (Å²) in [6.45, 7) is 18.6. The van der Waals surface area contributed by atoms with Gasteiger partial charge in [0.15, 0.2) is 0 Å². The molecule has 220 valence electrons. The van der Waals surface area contributed by atoms with Crippen LogP contribution in [-0.4, -0.2) is 61.7 Å². The molecule has 37 heavy (non-hydrogen) atoms. The van der Waals surface area contributed by atoms with Crippen LogP contribution in [0.5, 0.6) is 0 Å². The van der Waals surface area contributed by atoms with Gasteiger partial charge in [0, 0.05) is 38.8 Å². The van der Waals surface area contributed by atoms with E-state index in [1.54, 1.807) is 0 Å². The molecule has 0 radical (unpaired) electrons. The van der Waals surface area contributed by atoms with Crippen LogP contribution in [0, 0.1) is 11.3 Å². The van der Waals surface area contributed by atoms with E-state index in [1.165, 1.54) is 174 Å². The van der Waals surface area contributed by atoms with Crippen LogP contribution in [0.2, 0.25) is 0 Å². The van der Waals surface area contributed by atoms with E-state index in [2.05, 4.69) is 42.8 Å². The lowest BCUT2D eigenvalue weighted by molar-refractivity contribution is -0.0481. The molecule has 2 aliphatic rings. The predicted molar refractivity (Wildman–Crippen MR) is 166 cm³/mol. The number of piperidine rings is 1. The summed E-state index contributed by atoms with van der Waals surface area (Å²) < 4.78 is 0. The first-order valence-corrected chi connectivity index (χ1v) is 17.3. The van der Waals surface area contributed by atoms with Gasteiger partial charge in [-0.25, -0.2) is 0 Å². The molecule has 0 aliphatic carbocycles. The quantitative estimate of drug-likeness (QED) is 0.128. The minimum absolute atomic E-state index is 0.663. The van der Waals surface area contributed by atoms with Gasteiger partial charge in [0.25, 0.3) is 0 Å². The van der Waals surface area contributed by atoms with Crippen molar-refractivity contribution < 1.29 is 0 Å². The molecule has 3 heteroatoms. The fraction of sp³-hybridized carbons (Fsp3) is 1.00. The molecule has 0 atom stereocenters. The fourth-order valence-corrected chi connectivity index (χ4v) is 7.06. The fourth-order valence-electron chi connectivity index (χ4n) is 7.06. The first kappa shape index (κ1) is 33.1. The summed E-state index contributed by atoms with van der Waals surface area (Å²) in [5.74, 6) is 0.953. The maximum absolute atomic E-state index is 3.96. The Kier molecular flexibility index (Phi) is 18.5. The smallest absolute Gasteiger partial charge is 0.0107 e. The molecule has 2 aliphatic heterocycles. The SMILES string of the molecule is CCCCCCC(CCCCCC)CN1CCC2(CC1)CN(CCNC(CCCCC)CCCCC)C2. The van der Waals surface area contributed by atoms with Crippen molar-refractivity contribution in [3.05, 3.63) is 0 Å². The monoisotopic (exact) mass is 520 g/mol. The van der Waals surface area contributed by atoms with E-state index in [9.17, 15) is 0 Å². The molecular formula is C34H69N3. The Bertz CT molecular complexity index is 483. The topological polar surface area (TPSA) is 18.5 Å². The number of likely N-dealkylation sites (tertiary alicyclic amines) is 2. The van der Waals surface area contributed by atoms with Crippen LogP contribution in [0.1, 0.15) is 156 Å². The Morgan fingerprint density at radius 2 is 1.08 bits per heavy atom. The molecule has 0 aromatic rings. The van der Waals surface area contributed by atoms with E-state index in [0.29, 0.717) is 5.41 Å². The van der Waals surface area contributed by atoms with E-state index in [1.807, 2.05) is 0 Å². The van der Waals surface area contributed by atoms with Gasteiger partial charge in [-0.1, -0.05) is 118 Å². The molecule has 0 saturated carbocycles. The molecule has 2 saturated heterocycles. The van der Waals surface area contributed by atoms with Gasteiger partial charge in [-0.05, 0) is 62.9 Å². The highest BCUT2D eigenvalue weighted by Gasteiger charge is 2.44. The average molecular weight is 520 g/mol. The second-order valence-corrected chi connectivity index (χ2v) is 13.2.